The average Bonchev–Trinajstić information content (AvgIpc) is 2.83. The lowest BCUT2D eigenvalue weighted by Gasteiger charge is -2.02. The maximum atomic E-state index is 12.1. The van der Waals surface area contributed by atoms with Crippen molar-refractivity contribution in [3.05, 3.63) is 57.3 Å². The Kier molecular flexibility index (Phi) is 4.12. The van der Waals surface area contributed by atoms with Gasteiger partial charge in [-0.2, -0.15) is 0 Å². The minimum absolute atomic E-state index is 0.0539. The third kappa shape index (κ3) is 3.29. The highest BCUT2D eigenvalue weighted by Crippen LogP contribution is 2.17. The van der Waals surface area contributed by atoms with Crippen LogP contribution in [0.15, 0.2) is 36.4 Å². The molecule has 98 valence electrons. The molecule has 2 rings (SSSR count). The first-order valence-corrected chi connectivity index (χ1v) is 6.68. The van der Waals surface area contributed by atoms with Gasteiger partial charge in [-0.05, 0) is 31.2 Å². The van der Waals surface area contributed by atoms with E-state index >= 15 is 0 Å². The van der Waals surface area contributed by atoms with Crippen LogP contribution < -0.4 is 0 Å². The van der Waals surface area contributed by atoms with Crippen molar-refractivity contribution in [1.29, 1.82) is 0 Å². The monoisotopic (exact) mass is 274 g/mol. The third-order valence-corrected chi connectivity index (χ3v) is 3.76. The van der Waals surface area contributed by atoms with E-state index in [1.165, 1.54) is 12.0 Å². The molecule has 0 bridgehead atoms. The van der Waals surface area contributed by atoms with Crippen LogP contribution in [-0.2, 0) is 11.2 Å². The highest BCUT2D eigenvalue weighted by Gasteiger charge is 2.10. The number of aryl methyl sites for hydroxylation is 1. The Balaban J connectivity index is 2.09. The van der Waals surface area contributed by atoms with Crippen LogP contribution in [0.1, 0.15) is 30.5 Å². The molecule has 19 heavy (non-hydrogen) atoms. The molecule has 1 heterocycles. The number of ketones is 1. The second-order valence-electron chi connectivity index (χ2n) is 4.18. The fourth-order valence-corrected chi connectivity index (χ4v) is 2.64. The highest BCUT2D eigenvalue weighted by molar-refractivity contribution is 7.12. The molecule has 0 aliphatic rings. The van der Waals surface area contributed by atoms with E-state index in [9.17, 15) is 9.59 Å². The van der Waals surface area contributed by atoms with Gasteiger partial charge in [-0.25, -0.2) is 4.79 Å². The summed E-state index contributed by atoms with van der Waals surface area (Å²) in [6.07, 6.45) is 0.399. The zero-order valence-electron chi connectivity index (χ0n) is 10.8. The summed E-state index contributed by atoms with van der Waals surface area (Å²) in [5.74, 6) is -0.342. The van der Waals surface area contributed by atoms with Gasteiger partial charge < -0.3 is 4.74 Å². The number of hydrogen-bond acceptors (Lipinski definition) is 4. The van der Waals surface area contributed by atoms with Crippen molar-refractivity contribution in [3.8, 4) is 0 Å². The first-order chi connectivity index (χ1) is 9.10. The zero-order chi connectivity index (χ0) is 13.8. The van der Waals surface area contributed by atoms with Crippen molar-refractivity contribution in [2.24, 2.45) is 0 Å². The predicted molar refractivity (Wildman–Crippen MR) is 74.9 cm³/mol. The van der Waals surface area contributed by atoms with Gasteiger partial charge in [-0.3, -0.25) is 4.79 Å². The number of Topliss-reactive ketones (excluding diaryl/α,β-unsaturated/α-hetero) is 1. The largest absolute Gasteiger partial charge is 0.465 e. The number of carbonyl (C=O) groups excluding carboxylic acids is 2. The first-order valence-electron chi connectivity index (χ1n) is 5.87. The zero-order valence-corrected chi connectivity index (χ0v) is 11.6. The van der Waals surface area contributed by atoms with E-state index in [0.29, 0.717) is 17.5 Å². The molecular weight excluding hydrogens is 260 g/mol. The summed E-state index contributed by atoms with van der Waals surface area (Å²) in [7, 11) is 1.33. The maximum absolute atomic E-state index is 12.1. The summed E-state index contributed by atoms with van der Waals surface area (Å²) in [6, 6.07) is 10.5. The summed E-state index contributed by atoms with van der Waals surface area (Å²) in [5, 5.41) is 0. The molecule has 0 radical (unpaired) electrons. The van der Waals surface area contributed by atoms with E-state index < -0.39 is 5.97 Å². The SMILES string of the molecule is COC(=O)c1ccc(C(=O)Cc2ccc(C)s2)cc1. The molecule has 0 N–H and O–H groups in total. The van der Waals surface area contributed by atoms with E-state index in [1.807, 2.05) is 19.1 Å². The molecule has 0 spiro atoms. The Hall–Kier alpha value is -1.94. The van der Waals surface area contributed by atoms with Gasteiger partial charge in [0.15, 0.2) is 5.78 Å². The van der Waals surface area contributed by atoms with Gasteiger partial charge in [0.25, 0.3) is 0 Å². The lowest BCUT2D eigenvalue weighted by molar-refractivity contribution is 0.0600. The number of hydrogen-bond donors (Lipinski definition) is 0. The Labute approximate surface area is 115 Å². The average molecular weight is 274 g/mol. The van der Waals surface area contributed by atoms with Crippen LogP contribution in [0.2, 0.25) is 0 Å². The number of ether oxygens (including phenoxy) is 1. The number of methoxy groups -OCH3 is 1. The lowest BCUT2D eigenvalue weighted by Crippen LogP contribution is -2.05. The van der Waals surface area contributed by atoms with E-state index in [1.54, 1.807) is 35.6 Å². The molecule has 0 aliphatic heterocycles. The lowest BCUT2D eigenvalue weighted by atomic mass is 10.1. The van der Waals surface area contributed by atoms with E-state index in [0.717, 1.165) is 4.88 Å². The highest BCUT2D eigenvalue weighted by atomic mass is 32.1. The minimum atomic E-state index is -0.395. The summed E-state index contributed by atoms with van der Waals surface area (Å²) in [5.41, 5.74) is 1.06. The molecule has 0 saturated carbocycles. The van der Waals surface area contributed by atoms with Crippen LogP contribution in [-0.4, -0.2) is 18.9 Å². The van der Waals surface area contributed by atoms with Gasteiger partial charge in [-0.1, -0.05) is 12.1 Å². The van der Waals surface area contributed by atoms with E-state index in [4.69, 9.17) is 0 Å². The summed E-state index contributed by atoms with van der Waals surface area (Å²) in [6.45, 7) is 2.02. The van der Waals surface area contributed by atoms with Crippen molar-refractivity contribution in [2.45, 2.75) is 13.3 Å². The minimum Gasteiger partial charge on any atom is -0.465 e. The molecule has 0 atom stereocenters. The summed E-state index contributed by atoms with van der Waals surface area (Å²) in [4.78, 5) is 25.6. The maximum Gasteiger partial charge on any atom is 0.337 e. The smallest absolute Gasteiger partial charge is 0.337 e. The molecule has 0 amide bonds. The van der Waals surface area contributed by atoms with Gasteiger partial charge in [0.1, 0.15) is 0 Å². The molecular formula is C15H14O3S. The summed E-state index contributed by atoms with van der Waals surface area (Å²) < 4.78 is 4.61. The van der Waals surface area contributed by atoms with Gasteiger partial charge in [-0.15, -0.1) is 11.3 Å². The van der Waals surface area contributed by atoms with Crippen molar-refractivity contribution in [3.63, 3.8) is 0 Å². The molecule has 0 fully saturated rings. The van der Waals surface area contributed by atoms with Gasteiger partial charge in [0, 0.05) is 21.7 Å². The fourth-order valence-electron chi connectivity index (χ4n) is 1.75. The van der Waals surface area contributed by atoms with Crippen LogP contribution in [0.25, 0.3) is 0 Å². The van der Waals surface area contributed by atoms with Crippen molar-refractivity contribution >= 4 is 23.1 Å². The molecule has 0 aliphatic carbocycles. The molecule has 1 aromatic carbocycles. The van der Waals surface area contributed by atoms with E-state index in [2.05, 4.69) is 4.74 Å². The van der Waals surface area contributed by atoms with Crippen molar-refractivity contribution in [1.82, 2.24) is 0 Å². The van der Waals surface area contributed by atoms with Crippen molar-refractivity contribution < 1.29 is 14.3 Å². The fraction of sp³-hybridized carbons (Fsp3) is 0.200. The van der Waals surface area contributed by atoms with Crippen LogP contribution in [0.3, 0.4) is 0 Å². The molecule has 0 unspecified atom stereocenters. The molecule has 1 aromatic heterocycles. The number of benzene rings is 1. The van der Waals surface area contributed by atoms with Crippen LogP contribution in [0.4, 0.5) is 0 Å². The topological polar surface area (TPSA) is 43.4 Å². The Bertz CT molecular complexity index is 596. The van der Waals surface area contributed by atoms with E-state index in [-0.39, 0.29) is 5.78 Å². The molecule has 0 saturated heterocycles. The second kappa shape index (κ2) is 5.80. The van der Waals surface area contributed by atoms with Crippen molar-refractivity contribution in [2.75, 3.05) is 7.11 Å². The van der Waals surface area contributed by atoms with Crippen LogP contribution in [0.5, 0.6) is 0 Å². The number of carbonyl (C=O) groups is 2. The standard InChI is InChI=1S/C15H14O3S/c1-10-3-8-13(19-10)9-14(16)11-4-6-12(7-5-11)15(17)18-2/h3-8H,9H2,1-2H3. The van der Waals surface area contributed by atoms with Crippen LogP contribution in [0, 0.1) is 6.92 Å². The van der Waals surface area contributed by atoms with Gasteiger partial charge in [0.2, 0.25) is 0 Å². The predicted octanol–water partition coefficient (Wildman–Crippen LogP) is 3.27. The second-order valence-corrected chi connectivity index (χ2v) is 5.55. The normalized spacial score (nSPS) is 10.2. The Morgan fingerprint density at radius 3 is 2.21 bits per heavy atom. The summed E-state index contributed by atoms with van der Waals surface area (Å²) >= 11 is 1.63. The number of esters is 1. The Morgan fingerprint density at radius 1 is 1.05 bits per heavy atom. The first kappa shape index (κ1) is 13.5. The quantitative estimate of drug-likeness (QED) is 0.635. The number of rotatable bonds is 4. The molecule has 4 heteroatoms. The molecule has 3 nitrogen and oxygen atoms in total. The van der Waals surface area contributed by atoms with Gasteiger partial charge >= 0.3 is 5.97 Å². The van der Waals surface area contributed by atoms with Crippen LogP contribution >= 0.6 is 11.3 Å². The van der Waals surface area contributed by atoms with Gasteiger partial charge in [0.05, 0.1) is 12.7 Å². The number of thiophene rings is 1. The molecule has 2 aromatic rings. The third-order valence-electron chi connectivity index (χ3n) is 2.76. The Morgan fingerprint density at radius 2 is 1.68 bits per heavy atom.